The quantitative estimate of drug-likeness (QED) is 0.106. The summed E-state index contributed by atoms with van der Waals surface area (Å²) in [6, 6.07) is 26.5. The van der Waals surface area contributed by atoms with Crippen molar-refractivity contribution in [2.75, 3.05) is 10.6 Å². The van der Waals surface area contributed by atoms with Crippen LogP contribution in [0.1, 0.15) is 5.56 Å². The summed E-state index contributed by atoms with van der Waals surface area (Å²) < 4.78 is 17.2. The van der Waals surface area contributed by atoms with Gasteiger partial charge in [-0.05, 0) is 48.9 Å². The fraction of sp³-hybridized carbons (Fsp3) is 0.0323. The van der Waals surface area contributed by atoms with E-state index in [1.807, 2.05) is 79.7 Å². The van der Waals surface area contributed by atoms with Gasteiger partial charge in [-0.3, -0.25) is 5.04 Å². The number of nitrogens with one attached hydrogen (secondary N) is 2. The van der Waals surface area contributed by atoms with E-state index < -0.39 is 0 Å². The first-order valence-corrected chi connectivity index (χ1v) is 14.4. The van der Waals surface area contributed by atoms with Crippen molar-refractivity contribution in [2.45, 2.75) is 11.8 Å². The first-order chi connectivity index (χ1) is 21.0. The predicted octanol–water partition coefficient (Wildman–Crippen LogP) is 5.14. The molecule has 2 N–H and O–H groups in total. The summed E-state index contributed by atoms with van der Waals surface area (Å²) in [6.45, 7) is 1.98. The second-order valence-electron chi connectivity index (χ2n) is 9.56. The molecule has 44 heavy (non-hydrogen) atoms. The van der Waals surface area contributed by atoms with Gasteiger partial charge in [0.2, 0.25) is 0 Å². The molecule has 0 fully saturated rings. The number of anilines is 4. The minimum absolute atomic E-state index is 0. The average molecular weight is 653 g/mol. The summed E-state index contributed by atoms with van der Waals surface area (Å²) in [5.41, 5.74) is 5.20. The van der Waals surface area contributed by atoms with Gasteiger partial charge in [0.1, 0.15) is 32.1 Å². The van der Waals surface area contributed by atoms with Crippen LogP contribution in [0.5, 0.6) is 23.0 Å². The van der Waals surface area contributed by atoms with E-state index in [2.05, 4.69) is 20.0 Å². The maximum absolute atomic E-state index is 10.6. The van der Waals surface area contributed by atoms with Crippen LogP contribution in [0.3, 0.4) is 0 Å². The van der Waals surface area contributed by atoms with Gasteiger partial charge in [0.25, 0.3) is 0 Å². The number of hydrogen-bond donors (Lipinski definition) is 2. The largest absolute Gasteiger partial charge is 1.00 e. The second-order valence-corrected chi connectivity index (χ2v) is 11.1. The molecule has 0 radical (unpaired) electrons. The summed E-state index contributed by atoms with van der Waals surface area (Å²) in [5.74, 6) is 1.43. The normalized spacial score (nSPS) is 12.0. The van der Waals surface area contributed by atoms with Crippen molar-refractivity contribution in [3.8, 4) is 23.0 Å². The second kappa shape index (κ2) is 13.0. The number of halogens is 2. The zero-order chi connectivity index (χ0) is 29.5. The van der Waals surface area contributed by atoms with Crippen LogP contribution in [0.15, 0.2) is 99.8 Å². The number of rotatable bonds is 7. The molecule has 2 aliphatic heterocycles. The predicted molar refractivity (Wildman–Crippen MR) is 163 cm³/mol. The Morgan fingerprint density at radius 3 is 1.77 bits per heavy atom. The Balaban J connectivity index is 0.00000343. The summed E-state index contributed by atoms with van der Waals surface area (Å²) in [4.78, 5) is 10.1. The Hall–Kier alpha value is -3.29. The van der Waals surface area contributed by atoms with Crippen molar-refractivity contribution < 1.29 is 53.7 Å². The van der Waals surface area contributed by atoms with Gasteiger partial charge in [-0.1, -0.05) is 59.6 Å². The Morgan fingerprint density at radius 1 is 0.727 bits per heavy atom. The van der Waals surface area contributed by atoms with Crippen molar-refractivity contribution in [3.63, 3.8) is 0 Å². The molecule has 0 unspecified atom stereocenters. The SMILES string of the molecule is Cc1cc2c(cc1Nc1ccccc1)Oc1c(Cl)c3c(c(Cl)c1=N2)Oc1cc(Nc2ccccc2)c(SOO[O-])cc1N=3.[Na+]. The minimum atomic E-state index is 0. The third-order valence-electron chi connectivity index (χ3n) is 6.76. The molecule has 5 aromatic rings. The van der Waals surface area contributed by atoms with Crippen LogP contribution in [0.2, 0.25) is 10.0 Å². The molecule has 0 atom stereocenters. The minimum Gasteiger partial charge on any atom is -0.691 e. The van der Waals surface area contributed by atoms with Crippen LogP contribution >= 0.6 is 35.2 Å². The third kappa shape index (κ3) is 5.89. The van der Waals surface area contributed by atoms with Crippen molar-refractivity contribution in [1.82, 2.24) is 0 Å². The van der Waals surface area contributed by atoms with E-state index >= 15 is 0 Å². The molecular formula is C31H19Cl2N4NaO5S. The van der Waals surface area contributed by atoms with Gasteiger partial charge in [-0.25, -0.2) is 9.98 Å². The van der Waals surface area contributed by atoms with Gasteiger partial charge >= 0.3 is 29.6 Å². The fourth-order valence-electron chi connectivity index (χ4n) is 4.74. The summed E-state index contributed by atoms with van der Waals surface area (Å²) >= 11 is 14.5. The summed E-state index contributed by atoms with van der Waals surface area (Å²) in [7, 11) is 0. The number of aryl methyl sites for hydroxylation is 1. The molecule has 214 valence electrons. The average Bonchev–Trinajstić information content (AvgIpc) is 3.03. The van der Waals surface area contributed by atoms with Gasteiger partial charge in [0, 0.05) is 29.2 Å². The van der Waals surface area contributed by atoms with E-state index in [4.69, 9.17) is 42.7 Å². The Morgan fingerprint density at radius 2 is 1.23 bits per heavy atom. The zero-order valence-electron chi connectivity index (χ0n) is 23.2. The molecule has 2 heterocycles. The number of para-hydroxylation sites is 2. The van der Waals surface area contributed by atoms with Crippen molar-refractivity contribution in [3.05, 3.63) is 111 Å². The Bertz CT molecular complexity index is 2020. The van der Waals surface area contributed by atoms with Gasteiger partial charge in [-0.2, -0.15) is 4.33 Å². The number of ether oxygens (including phenoxy) is 2. The van der Waals surface area contributed by atoms with Gasteiger partial charge in [0.15, 0.2) is 23.0 Å². The smallest absolute Gasteiger partial charge is 0.691 e. The van der Waals surface area contributed by atoms with Crippen LogP contribution in [0.25, 0.3) is 0 Å². The molecule has 0 saturated carbocycles. The number of hydrogen-bond acceptors (Lipinski definition) is 10. The van der Waals surface area contributed by atoms with Crippen molar-refractivity contribution >= 4 is 69.4 Å². The molecule has 9 nitrogen and oxygen atoms in total. The fourth-order valence-corrected chi connectivity index (χ4v) is 5.71. The molecule has 5 aromatic carbocycles. The maximum Gasteiger partial charge on any atom is 1.00 e. The topological polar surface area (TPSA) is 109 Å². The number of nitrogens with zero attached hydrogens (tertiary/aromatic N) is 2. The third-order valence-corrected chi connectivity index (χ3v) is 8.10. The number of fused-ring (bicyclic) bond motifs is 4. The van der Waals surface area contributed by atoms with Crippen LogP contribution in [0.4, 0.5) is 34.1 Å². The van der Waals surface area contributed by atoms with Crippen molar-refractivity contribution in [2.24, 2.45) is 9.98 Å². The van der Waals surface area contributed by atoms with Gasteiger partial charge in [0.05, 0.1) is 22.6 Å². The van der Waals surface area contributed by atoms with Crippen LogP contribution in [0, 0.1) is 6.92 Å². The van der Waals surface area contributed by atoms with E-state index in [1.54, 1.807) is 12.1 Å². The molecular weight excluding hydrogens is 634 g/mol. The molecule has 0 aliphatic carbocycles. The molecule has 2 aliphatic rings. The molecule has 0 saturated heterocycles. The van der Waals surface area contributed by atoms with E-state index in [0.29, 0.717) is 38.8 Å². The Labute approximate surface area is 287 Å². The van der Waals surface area contributed by atoms with Crippen molar-refractivity contribution in [1.29, 1.82) is 0 Å². The van der Waals surface area contributed by atoms with Gasteiger partial charge < -0.3 is 25.4 Å². The van der Waals surface area contributed by atoms with E-state index in [-0.39, 0.29) is 56.5 Å². The summed E-state index contributed by atoms with van der Waals surface area (Å²) in [5, 5.41) is 21.9. The first kappa shape index (κ1) is 30.7. The number of benzene rings is 5. The molecule has 0 amide bonds. The summed E-state index contributed by atoms with van der Waals surface area (Å²) in [6.07, 6.45) is 0. The van der Waals surface area contributed by atoms with Crippen LogP contribution in [-0.2, 0) is 9.37 Å². The van der Waals surface area contributed by atoms with E-state index in [1.165, 1.54) is 0 Å². The molecule has 0 spiro atoms. The van der Waals surface area contributed by atoms with Gasteiger partial charge in [-0.15, -0.1) is 0 Å². The zero-order valence-corrected chi connectivity index (χ0v) is 27.5. The van der Waals surface area contributed by atoms with E-state index in [9.17, 15) is 5.26 Å². The first-order valence-electron chi connectivity index (χ1n) is 12.9. The molecule has 7 rings (SSSR count). The standard InChI is InChI=1S/C31H20Cl2N4O5S.Na/c1-16-12-20-23(13-19(16)34-17-8-4-2-5-9-17)39-30-27(33)29-31(26(32)28(30)36-20)40-24-14-22(35-18-10-6-3-7-11-18)25(43-42-41-38)15-21(24)37-29;/h2-15,34-35,38H,1H3;/q;+1/p-1. The van der Waals surface area contributed by atoms with Crippen LogP contribution < -0.4 is 65.6 Å². The maximum atomic E-state index is 10.6. The van der Waals surface area contributed by atoms with E-state index in [0.717, 1.165) is 34.7 Å². The van der Waals surface area contributed by atoms with Crippen LogP contribution in [-0.4, -0.2) is 0 Å². The molecule has 0 bridgehead atoms. The molecule has 13 heteroatoms. The Kier molecular flexibility index (Phi) is 9.06. The monoisotopic (exact) mass is 652 g/mol. The molecule has 0 aromatic heterocycles.